The van der Waals surface area contributed by atoms with Gasteiger partial charge in [0.15, 0.2) is 23.1 Å². The van der Waals surface area contributed by atoms with E-state index in [0.717, 1.165) is 29.8 Å². The van der Waals surface area contributed by atoms with Crippen molar-refractivity contribution in [1.29, 1.82) is 0 Å². The van der Waals surface area contributed by atoms with Crippen LogP contribution < -0.4 is 4.74 Å². The van der Waals surface area contributed by atoms with E-state index in [1.165, 1.54) is 7.11 Å². The van der Waals surface area contributed by atoms with E-state index in [1.54, 1.807) is 12.1 Å². The molecule has 0 aromatic heterocycles. The Hall–Kier alpha value is -3.05. The lowest BCUT2D eigenvalue weighted by atomic mass is 9.63. The van der Waals surface area contributed by atoms with Crippen molar-refractivity contribution >= 4 is 23.2 Å². The van der Waals surface area contributed by atoms with Crippen molar-refractivity contribution in [2.24, 2.45) is 10.8 Å². The van der Waals surface area contributed by atoms with Crippen LogP contribution in [0.15, 0.2) is 65.0 Å². The molecule has 0 unspecified atom stereocenters. The normalized spacial score (nSPS) is 21.2. The summed E-state index contributed by atoms with van der Waals surface area (Å²) in [5, 5.41) is 10.5. The number of nitrogens with zero attached hydrogens (tertiary/aromatic N) is 1. The zero-order valence-corrected chi connectivity index (χ0v) is 22.9. The van der Waals surface area contributed by atoms with Crippen molar-refractivity contribution in [1.82, 2.24) is 4.90 Å². The van der Waals surface area contributed by atoms with Crippen LogP contribution in [-0.2, 0) is 16.1 Å². The molecule has 5 nitrogen and oxygen atoms in total. The van der Waals surface area contributed by atoms with Gasteiger partial charge in [-0.2, -0.15) is 0 Å². The van der Waals surface area contributed by atoms with Gasteiger partial charge in [-0.15, -0.1) is 0 Å². The SMILES string of the molecule is COc1cc(C2C3=C(CC(C)(C)CC3=O)N(Cc3ccccc3)C3=C2C(=O)CC(C)(C)C3)cc(Cl)c1O. The molecule has 0 bridgehead atoms. The standard InChI is InChI=1S/C31H34ClNO4/c1-30(2)13-21-27(23(34)15-30)26(19-11-20(32)29(36)25(12-19)37-5)28-22(14-31(3,4)16-24(28)35)33(21)17-18-9-7-6-8-10-18/h6-12,26,36H,13-17H2,1-5H3. The molecule has 37 heavy (non-hydrogen) atoms. The van der Waals surface area contributed by atoms with Gasteiger partial charge in [-0.3, -0.25) is 9.59 Å². The van der Waals surface area contributed by atoms with E-state index in [4.69, 9.17) is 16.3 Å². The quantitative estimate of drug-likeness (QED) is 0.474. The van der Waals surface area contributed by atoms with Crippen LogP contribution in [0.5, 0.6) is 11.5 Å². The van der Waals surface area contributed by atoms with E-state index in [9.17, 15) is 14.7 Å². The summed E-state index contributed by atoms with van der Waals surface area (Å²) in [5.41, 5.74) is 4.74. The fraction of sp³-hybridized carbons (Fsp3) is 0.419. The molecule has 2 aromatic carbocycles. The second-order valence-electron chi connectivity index (χ2n) is 12.2. The summed E-state index contributed by atoms with van der Waals surface area (Å²) in [6, 6.07) is 13.6. The lowest BCUT2D eigenvalue weighted by Crippen LogP contribution is -2.44. The Morgan fingerprint density at radius 1 is 0.919 bits per heavy atom. The van der Waals surface area contributed by atoms with Crippen molar-refractivity contribution in [2.75, 3.05) is 7.11 Å². The van der Waals surface area contributed by atoms with Crippen molar-refractivity contribution in [3.05, 3.63) is 81.2 Å². The Labute approximate surface area is 223 Å². The fourth-order valence-corrected chi connectivity index (χ4v) is 6.47. The van der Waals surface area contributed by atoms with Crippen molar-refractivity contribution in [2.45, 2.75) is 65.8 Å². The number of halogens is 1. The van der Waals surface area contributed by atoms with Gasteiger partial charge in [-0.25, -0.2) is 0 Å². The first-order chi connectivity index (χ1) is 17.4. The molecule has 2 aromatic rings. The molecule has 1 N–H and O–H groups in total. The molecular weight excluding hydrogens is 486 g/mol. The predicted molar refractivity (Wildman–Crippen MR) is 144 cm³/mol. The third-order valence-electron chi connectivity index (χ3n) is 7.81. The molecule has 2 aliphatic carbocycles. The van der Waals surface area contributed by atoms with Crippen LogP contribution in [0.25, 0.3) is 0 Å². The number of methoxy groups -OCH3 is 1. The molecule has 0 saturated heterocycles. The Kier molecular flexibility index (Phi) is 6.26. The van der Waals surface area contributed by atoms with Crippen LogP contribution in [0.4, 0.5) is 0 Å². The number of allylic oxidation sites excluding steroid dienone is 4. The molecule has 6 heteroatoms. The first-order valence-electron chi connectivity index (χ1n) is 12.8. The van der Waals surface area contributed by atoms with Crippen LogP contribution in [0, 0.1) is 10.8 Å². The molecule has 3 aliphatic rings. The van der Waals surface area contributed by atoms with E-state index in [0.29, 0.717) is 36.1 Å². The maximum absolute atomic E-state index is 13.9. The molecule has 0 saturated carbocycles. The number of ketones is 2. The van der Waals surface area contributed by atoms with Crippen molar-refractivity contribution in [3.8, 4) is 11.5 Å². The fourth-order valence-electron chi connectivity index (χ4n) is 6.25. The average Bonchev–Trinajstić information content (AvgIpc) is 2.81. The highest BCUT2D eigenvalue weighted by Gasteiger charge is 2.49. The van der Waals surface area contributed by atoms with Gasteiger partial charge >= 0.3 is 0 Å². The Balaban J connectivity index is 1.79. The van der Waals surface area contributed by atoms with Gasteiger partial charge < -0.3 is 14.7 Å². The number of benzene rings is 2. The van der Waals surface area contributed by atoms with E-state index in [1.807, 2.05) is 18.2 Å². The number of carbonyl (C=O) groups is 2. The summed E-state index contributed by atoms with van der Waals surface area (Å²) < 4.78 is 5.40. The summed E-state index contributed by atoms with van der Waals surface area (Å²) in [5.74, 6) is -0.352. The molecule has 0 fully saturated rings. The van der Waals surface area contributed by atoms with Gasteiger partial charge in [0.05, 0.1) is 12.1 Å². The summed E-state index contributed by atoms with van der Waals surface area (Å²) in [4.78, 5) is 30.1. The minimum absolute atomic E-state index is 0.0571. The number of ether oxygens (including phenoxy) is 1. The minimum atomic E-state index is -0.545. The number of aromatic hydroxyl groups is 1. The second-order valence-corrected chi connectivity index (χ2v) is 12.6. The number of carbonyl (C=O) groups excluding carboxylic acids is 2. The molecule has 0 spiro atoms. The second kappa shape index (κ2) is 9.05. The molecule has 0 radical (unpaired) electrons. The van der Waals surface area contributed by atoms with Crippen LogP contribution in [0.3, 0.4) is 0 Å². The summed E-state index contributed by atoms with van der Waals surface area (Å²) in [7, 11) is 1.47. The lowest BCUT2D eigenvalue weighted by Gasteiger charge is -2.49. The van der Waals surface area contributed by atoms with Crippen LogP contribution in [0.1, 0.15) is 70.4 Å². The summed E-state index contributed by atoms with van der Waals surface area (Å²) in [6.07, 6.45) is 2.27. The Bertz CT molecular complexity index is 1300. The minimum Gasteiger partial charge on any atom is -0.503 e. The number of hydrogen-bond acceptors (Lipinski definition) is 5. The van der Waals surface area contributed by atoms with Gasteiger partial charge in [0.1, 0.15) is 0 Å². The molecule has 194 valence electrons. The molecule has 1 aliphatic heterocycles. The first kappa shape index (κ1) is 25.6. The maximum Gasteiger partial charge on any atom is 0.176 e. The predicted octanol–water partition coefficient (Wildman–Crippen LogP) is 6.94. The number of rotatable bonds is 4. The molecule has 0 atom stereocenters. The van der Waals surface area contributed by atoms with Gasteiger partial charge in [-0.1, -0.05) is 69.6 Å². The van der Waals surface area contributed by atoms with Crippen molar-refractivity contribution in [3.63, 3.8) is 0 Å². The third kappa shape index (κ3) is 4.59. The highest BCUT2D eigenvalue weighted by molar-refractivity contribution is 6.32. The van der Waals surface area contributed by atoms with Gasteiger partial charge in [0.25, 0.3) is 0 Å². The van der Waals surface area contributed by atoms with Gasteiger partial charge in [0, 0.05) is 47.8 Å². The Morgan fingerprint density at radius 2 is 1.46 bits per heavy atom. The van der Waals surface area contributed by atoms with E-state index >= 15 is 0 Å². The lowest BCUT2D eigenvalue weighted by molar-refractivity contribution is -0.119. The third-order valence-corrected chi connectivity index (χ3v) is 8.10. The smallest absolute Gasteiger partial charge is 0.176 e. The van der Waals surface area contributed by atoms with Crippen LogP contribution in [-0.4, -0.2) is 28.7 Å². The maximum atomic E-state index is 13.9. The largest absolute Gasteiger partial charge is 0.503 e. The van der Waals surface area contributed by atoms with E-state index < -0.39 is 5.92 Å². The zero-order chi connectivity index (χ0) is 26.7. The van der Waals surface area contributed by atoms with Crippen LogP contribution >= 0.6 is 11.6 Å². The highest BCUT2D eigenvalue weighted by Crippen LogP contribution is 2.55. The van der Waals surface area contributed by atoms with E-state index in [2.05, 4.69) is 44.7 Å². The summed E-state index contributed by atoms with van der Waals surface area (Å²) in [6.45, 7) is 9.11. The number of phenolic OH excluding ortho intramolecular Hbond substituents is 1. The van der Waals surface area contributed by atoms with Gasteiger partial charge in [-0.05, 0) is 46.9 Å². The monoisotopic (exact) mass is 519 g/mol. The first-order valence-corrected chi connectivity index (χ1v) is 13.2. The number of Topliss-reactive ketones (excluding diaryl/α,β-unsaturated/α-hetero) is 2. The topological polar surface area (TPSA) is 66.8 Å². The molecular formula is C31H34ClNO4. The molecule has 5 rings (SSSR count). The van der Waals surface area contributed by atoms with Crippen LogP contribution in [0.2, 0.25) is 5.02 Å². The zero-order valence-electron chi connectivity index (χ0n) is 22.2. The number of phenols is 1. The molecule has 1 heterocycles. The van der Waals surface area contributed by atoms with E-state index in [-0.39, 0.29) is 38.9 Å². The molecule has 0 amide bonds. The number of hydrogen-bond donors (Lipinski definition) is 1. The average molecular weight is 520 g/mol. The van der Waals surface area contributed by atoms with Gasteiger partial charge in [0.2, 0.25) is 0 Å². The van der Waals surface area contributed by atoms with Crippen molar-refractivity contribution < 1.29 is 19.4 Å². The highest BCUT2D eigenvalue weighted by atomic mass is 35.5. The summed E-state index contributed by atoms with van der Waals surface area (Å²) >= 11 is 6.42. The Morgan fingerprint density at radius 3 is 1.97 bits per heavy atom.